The van der Waals surface area contributed by atoms with E-state index in [9.17, 15) is 18.0 Å². The molecule has 0 saturated heterocycles. The van der Waals surface area contributed by atoms with Crippen LogP contribution in [0.1, 0.15) is 42.4 Å². The van der Waals surface area contributed by atoms with Gasteiger partial charge in [0.05, 0.1) is 19.0 Å². The number of rotatable bonds is 2. The maximum atomic E-state index is 13.5. The Morgan fingerprint density at radius 2 is 1.74 bits per heavy atom. The molecule has 8 heteroatoms. The number of methoxy groups -OCH3 is 1. The van der Waals surface area contributed by atoms with Crippen molar-refractivity contribution in [3.63, 3.8) is 0 Å². The second kappa shape index (κ2) is 6.37. The topological polar surface area (TPSA) is 56.5 Å². The lowest BCUT2D eigenvalue weighted by molar-refractivity contribution is -0.142. The van der Waals surface area contributed by atoms with Crippen LogP contribution in [0.5, 0.6) is 0 Å². The van der Waals surface area contributed by atoms with Crippen molar-refractivity contribution in [1.82, 2.24) is 14.6 Å². The third-order valence-corrected chi connectivity index (χ3v) is 4.21. The maximum absolute atomic E-state index is 13.5. The van der Waals surface area contributed by atoms with Gasteiger partial charge in [-0.1, -0.05) is 45.0 Å². The number of carbonyl (C=O) groups is 1. The van der Waals surface area contributed by atoms with Gasteiger partial charge >= 0.3 is 12.1 Å². The summed E-state index contributed by atoms with van der Waals surface area (Å²) in [7, 11) is 1.14. The summed E-state index contributed by atoms with van der Waals surface area (Å²) in [6.45, 7) is 6.13. The summed E-state index contributed by atoms with van der Waals surface area (Å²) in [6.07, 6.45) is -3.64. The zero-order valence-electron chi connectivity index (χ0n) is 15.3. The summed E-state index contributed by atoms with van der Waals surface area (Å²) >= 11 is 0. The van der Waals surface area contributed by atoms with E-state index in [-0.39, 0.29) is 22.3 Å². The number of fused-ring (bicyclic) bond motifs is 1. The van der Waals surface area contributed by atoms with Crippen molar-refractivity contribution < 1.29 is 22.7 Å². The molecule has 1 aromatic carbocycles. The molecule has 3 rings (SSSR count). The fourth-order valence-electron chi connectivity index (χ4n) is 2.71. The molecule has 5 nitrogen and oxygen atoms in total. The van der Waals surface area contributed by atoms with E-state index in [2.05, 4.69) is 14.8 Å². The van der Waals surface area contributed by atoms with Crippen LogP contribution in [0.2, 0.25) is 0 Å². The van der Waals surface area contributed by atoms with Gasteiger partial charge in [-0.2, -0.15) is 18.3 Å². The Hall–Kier alpha value is -2.90. The van der Waals surface area contributed by atoms with Gasteiger partial charge in [-0.15, -0.1) is 0 Å². The van der Waals surface area contributed by atoms with Crippen LogP contribution in [-0.4, -0.2) is 27.7 Å². The molecule has 27 heavy (non-hydrogen) atoms. The standard InChI is InChI=1S/C19H18F3N3O2/c1-18(2,3)12-7-5-11(6-8-12)14-9-15(19(20,21)22)25-16(24-14)13(10-23-25)17(26)27-4/h5-10H,1-4H3. The Morgan fingerprint density at radius 1 is 1.11 bits per heavy atom. The van der Waals surface area contributed by atoms with Crippen molar-refractivity contribution >= 4 is 11.6 Å². The summed E-state index contributed by atoms with van der Waals surface area (Å²) in [5, 5.41) is 3.67. The highest BCUT2D eigenvalue weighted by molar-refractivity contribution is 5.95. The third-order valence-electron chi connectivity index (χ3n) is 4.21. The molecule has 0 bridgehead atoms. The number of esters is 1. The van der Waals surface area contributed by atoms with E-state index >= 15 is 0 Å². The number of benzene rings is 1. The molecule has 2 heterocycles. The Kier molecular flexibility index (Phi) is 4.45. The van der Waals surface area contributed by atoms with Crippen LogP contribution in [-0.2, 0) is 16.3 Å². The van der Waals surface area contributed by atoms with E-state index in [0.717, 1.165) is 24.9 Å². The van der Waals surface area contributed by atoms with Gasteiger partial charge in [0.2, 0.25) is 0 Å². The van der Waals surface area contributed by atoms with Crippen molar-refractivity contribution in [3.8, 4) is 11.3 Å². The lowest BCUT2D eigenvalue weighted by Gasteiger charge is -2.19. The van der Waals surface area contributed by atoms with Gasteiger partial charge in [-0.25, -0.2) is 14.3 Å². The number of aromatic nitrogens is 3. The van der Waals surface area contributed by atoms with Gasteiger partial charge in [0, 0.05) is 5.56 Å². The minimum atomic E-state index is -4.67. The molecule has 0 spiro atoms. The quantitative estimate of drug-likeness (QED) is 0.617. The predicted molar refractivity (Wildman–Crippen MR) is 93.5 cm³/mol. The summed E-state index contributed by atoms with van der Waals surface area (Å²) in [5.41, 5.74) is 0.216. The number of alkyl halides is 3. The van der Waals surface area contributed by atoms with Gasteiger partial charge in [-0.05, 0) is 17.0 Å². The van der Waals surface area contributed by atoms with E-state index < -0.39 is 17.8 Å². The monoisotopic (exact) mass is 377 g/mol. The minimum absolute atomic E-state index is 0.0868. The van der Waals surface area contributed by atoms with Crippen LogP contribution in [0.4, 0.5) is 13.2 Å². The number of nitrogens with zero attached hydrogens (tertiary/aromatic N) is 3. The molecule has 0 aliphatic heterocycles. The first-order valence-electron chi connectivity index (χ1n) is 8.17. The van der Waals surface area contributed by atoms with Gasteiger partial charge < -0.3 is 4.74 Å². The Labute approximate surface area is 153 Å². The Balaban J connectivity index is 2.22. The van der Waals surface area contributed by atoms with E-state index in [1.807, 2.05) is 32.9 Å². The smallest absolute Gasteiger partial charge is 0.433 e. The highest BCUT2D eigenvalue weighted by Gasteiger charge is 2.36. The van der Waals surface area contributed by atoms with Crippen molar-refractivity contribution in [2.24, 2.45) is 0 Å². The first-order valence-corrected chi connectivity index (χ1v) is 8.17. The number of ether oxygens (including phenoxy) is 1. The van der Waals surface area contributed by atoms with E-state index in [1.54, 1.807) is 12.1 Å². The van der Waals surface area contributed by atoms with Crippen molar-refractivity contribution in [2.45, 2.75) is 32.4 Å². The summed E-state index contributed by atoms with van der Waals surface area (Å²) in [5.74, 6) is -0.800. The van der Waals surface area contributed by atoms with Gasteiger partial charge in [0.15, 0.2) is 11.3 Å². The molecule has 3 aromatic rings. The average molecular weight is 377 g/mol. The summed E-state index contributed by atoms with van der Waals surface area (Å²) < 4.78 is 45.8. The number of hydrogen-bond acceptors (Lipinski definition) is 4. The van der Waals surface area contributed by atoms with E-state index in [4.69, 9.17) is 0 Å². The van der Waals surface area contributed by atoms with Crippen LogP contribution in [0.3, 0.4) is 0 Å². The SMILES string of the molecule is COC(=O)c1cnn2c(C(F)(F)F)cc(-c3ccc(C(C)(C)C)cc3)nc12. The fraction of sp³-hybridized carbons (Fsp3) is 0.316. The van der Waals surface area contributed by atoms with Gasteiger partial charge in [0.1, 0.15) is 5.56 Å². The maximum Gasteiger partial charge on any atom is 0.433 e. The van der Waals surface area contributed by atoms with Crippen LogP contribution in [0.25, 0.3) is 16.9 Å². The molecule has 0 unspecified atom stereocenters. The average Bonchev–Trinajstić information content (AvgIpc) is 3.02. The lowest BCUT2D eigenvalue weighted by Crippen LogP contribution is -2.14. The second-order valence-electron chi connectivity index (χ2n) is 7.14. The molecule has 0 saturated carbocycles. The molecule has 0 radical (unpaired) electrons. The molecule has 142 valence electrons. The molecule has 0 atom stereocenters. The van der Waals surface area contributed by atoms with Crippen LogP contribution in [0.15, 0.2) is 36.5 Å². The first-order chi connectivity index (χ1) is 12.5. The number of halogens is 3. The van der Waals surface area contributed by atoms with Gasteiger partial charge in [0.25, 0.3) is 0 Å². The normalized spacial score (nSPS) is 12.4. The van der Waals surface area contributed by atoms with Crippen molar-refractivity contribution in [1.29, 1.82) is 0 Å². The molecule has 0 aliphatic rings. The molecule has 0 aliphatic carbocycles. The van der Waals surface area contributed by atoms with Crippen molar-refractivity contribution in [2.75, 3.05) is 7.11 Å². The van der Waals surface area contributed by atoms with Crippen LogP contribution < -0.4 is 0 Å². The summed E-state index contributed by atoms with van der Waals surface area (Å²) in [4.78, 5) is 16.1. The second-order valence-corrected chi connectivity index (χ2v) is 7.14. The minimum Gasteiger partial charge on any atom is -0.465 e. The molecular formula is C19H18F3N3O2. The fourth-order valence-corrected chi connectivity index (χ4v) is 2.71. The van der Waals surface area contributed by atoms with Crippen LogP contribution >= 0.6 is 0 Å². The largest absolute Gasteiger partial charge is 0.465 e. The first kappa shape index (κ1) is 18.9. The Bertz CT molecular complexity index is 1000. The van der Waals surface area contributed by atoms with Crippen molar-refractivity contribution in [3.05, 3.63) is 53.3 Å². The molecule has 0 amide bonds. The lowest BCUT2D eigenvalue weighted by atomic mass is 9.86. The Morgan fingerprint density at radius 3 is 2.26 bits per heavy atom. The predicted octanol–water partition coefficient (Wildman–Crippen LogP) is 4.50. The van der Waals surface area contributed by atoms with Crippen LogP contribution in [0, 0.1) is 0 Å². The number of hydrogen-bond donors (Lipinski definition) is 0. The molecule has 0 N–H and O–H groups in total. The molecular weight excluding hydrogens is 359 g/mol. The highest BCUT2D eigenvalue weighted by atomic mass is 19.4. The molecule has 2 aromatic heterocycles. The van der Waals surface area contributed by atoms with Gasteiger partial charge in [-0.3, -0.25) is 0 Å². The third kappa shape index (κ3) is 3.51. The molecule has 0 fully saturated rings. The zero-order chi connectivity index (χ0) is 20.0. The summed E-state index contributed by atoms with van der Waals surface area (Å²) in [6, 6.07) is 8.06. The highest BCUT2D eigenvalue weighted by Crippen LogP contribution is 2.33. The zero-order valence-corrected chi connectivity index (χ0v) is 15.3. The van der Waals surface area contributed by atoms with E-state index in [1.165, 1.54) is 0 Å². The number of carbonyl (C=O) groups excluding carboxylic acids is 1. The van der Waals surface area contributed by atoms with E-state index in [0.29, 0.717) is 10.1 Å².